The van der Waals surface area contributed by atoms with Gasteiger partial charge in [0.15, 0.2) is 0 Å². The second kappa shape index (κ2) is 5.12. The van der Waals surface area contributed by atoms with Gasteiger partial charge in [-0.2, -0.15) is 0 Å². The molecule has 2 N–H and O–H groups in total. The van der Waals surface area contributed by atoms with E-state index in [2.05, 4.69) is 13.8 Å². The van der Waals surface area contributed by atoms with Crippen molar-refractivity contribution in [1.29, 1.82) is 0 Å². The molecule has 1 aromatic heterocycles. The fourth-order valence-corrected chi connectivity index (χ4v) is 1.48. The minimum absolute atomic E-state index is 0.0723. The molecule has 3 heteroatoms. The first kappa shape index (κ1) is 12.0. The number of hydrogen-bond acceptors (Lipinski definition) is 2. The highest BCUT2D eigenvalue weighted by Crippen LogP contribution is 2.20. The number of aryl methyl sites for hydroxylation is 1. The van der Waals surface area contributed by atoms with Crippen molar-refractivity contribution in [2.24, 2.45) is 11.1 Å². The molecule has 0 saturated carbocycles. The molecule has 0 radical (unpaired) electrons. The molecule has 1 aromatic rings. The molecule has 84 valence electrons. The Morgan fingerprint density at radius 1 is 1.40 bits per heavy atom. The van der Waals surface area contributed by atoms with E-state index >= 15 is 0 Å². The van der Waals surface area contributed by atoms with Crippen LogP contribution in [0.4, 0.5) is 0 Å². The highest BCUT2D eigenvalue weighted by Gasteiger charge is 2.14. The Labute approximate surface area is 90.9 Å². The summed E-state index contributed by atoms with van der Waals surface area (Å²) in [5.74, 6) is 0. The monoisotopic (exact) mass is 208 g/mol. The Bertz CT molecular complexity index is 355. The van der Waals surface area contributed by atoms with Crippen molar-refractivity contribution in [3.63, 3.8) is 0 Å². The molecule has 0 saturated heterocycles. The average molecular weight is 208 g/mol. The molecular formula is C12H20N2O. The van der Waals surface area contributed by atoms with Crippen LogP contribution >= 0.6 is 0 Å². The Balaban J connectivity index is 2.45. The molecule has 0 aliphatic heterocycles. The van der Waals surface area contributed by atoms with Gasteiger partial charge in [0.2, 0.25) is 5.56 Å². The maximum atomic E-state index is 11.4. The second-order valence-corrected chi connectivity index (χ2v) is 4.70. The summed E-state index contributed by atoms with van der Waals surface area (Å²) < 4.78 is 1.74. The van der Waals surface area contributed by atoms with Crippen LogP contribution in [-0.2, 0) is 6.54 Å². The molecule has 0 aromatic carbocycles. The summed E-state index contributed by atoms with van der Waals surface area (Å²) in [4.78, 5) is 11.4. The van der Waals surface area contributed by atoms with E-state index < -0.39 is 0 Å². The molecule has 0 unspecified atom stereocenters. The lowest BCUT2D eigenvalue weighted by atomic mass is 9.88. The summed E-state index contributed by atoms with van der Waals surface area (Å²) in [7, 11) is 0. The first-order chi connectivity index (χ1) is 7.05. The molecule has 3 nitrogen and oxygen atoms in total. The number of aromatic nitrogens is 1. The lowest BCUT2D eigenvalue weighted by Gasteiger charge is -2.22. The smallest absolute Gasteiger partial charge is 0.250 e. The third-order valence-electron chi connectivity index (χ3n) is 2.70. The van der Waals surface area contributed by atoms with Crippen molar-refractivity contribution >= 4 is 0 Å². The van der Waals surface area contributed by atoms with E-state index in [-0.39, 0.29) is 11.0 Å². The number of pyridine rings is 1. The van der Waals surface area contributed by atoms with Crippen molar-refractivity contribution in [2.45, 2.75) is 33.2 Å². The number of rotatable bonds is 5. The van der Waals surface area contributed by atoms with Crippen molar-refractivity contribution in [3.05, 3.63) is 34.7 Å². The molecule has 1 rings (SSSR count). The molecule has 0 spiro atoms. The van der Waals surface area contributed by atoms with Gasteiger partial charge in [-0.25, -0.2) is 0 Å². The molecule has 15 heavy (non-hydrogen) atoms. The predicted molar refractivity (Wildman–Crippen MR) is 62.8 cm³/mol. The van der Waals surface area contributed by atoms with E-state index in [1.807, 2.05) is 12.3 Å². The maximum absolute atomic E-state index is 11.4. The van der Waals surface area contributed by atoms with Crippen LogP contribution in [0.25, 0.3) is 0 Å². The zero-order chi connectivity index (χ0) is 11.3. The van der Waals surface area contributed by atoms with Crippen LogP contribution in [0.2, 0.25) is 0 Å². The SMILES string of the molecule is CC(C)(CN)CCCn1ccccc1=O. The minimum atomic E-state index is 0.0723. The zero-order valence-electron chi connectivity index (χ0n) is 9.57. The van der Waals surface area contributed by atoms with Gasteiger partial charge in [-0.3, -0.25) is 4.79 Å². The molecule has 0 bridgehead atoms. The van der Waals surface area contributed by atoms with Crippen LogP contribution in [0.15, 0.2) is 29.2 Å². The van der Waals surface area contributed by atoms with Gasteiger partial charge >= 0.3 is 0 Å². The van der Waals surface area contributed by atoms with Crippen LogP contribution in [0.1, 0.15) is 26.7 Å². The van der Waals surface area contributed by atoms with Gasteiger partial charge in [0.05, 0.1) is 0 Å². The van der Waals surface area contributed by atoms with E-state index in [0.717, 1.165) is 19.4 Å². The van der Waals surface area contributed by atoms with Gasteiger partial charge < -0.3 is 10.3 Å². The number of nitrogens with two attached hydrogens (primary N) is 1. The normalized spacial score (nSPS) is 11.7. The minimum Gasteiger partial charge on any atom is -0.330 e. The highest BCUT2D eigenvalue weighted by molar-refractivity contribution is 4.93. The molecule has 0 aliphatic carbocycles. The topological polar surface area (TPSA) is 48.0 Å². The Hall–Kier alpha value is -1.09. The summed E-state index contributed by atoms with van der Waals surface area (Å²) >= 11 is 0. The fraction of sp³-hybridized carbons (Fsp3) is 0.583. The molecule has 0 amide bonds. The van der Waals surface area contributed by atoms with E-state index in [9.17, 15) is 4.79 Å². The molecular weight excluding hydrogens is 188 g/mol. The van der Waals surface area contributed by atoms with Crippen LogP contribution in [0, 0.1) is 5.41 Å². The highest BCUT2D eigenvalue weighted by atomic mass is 16.1. The zero-order valence-corrected chi connectivity index (χ0v) is 9.57. The van der Waals surface area contributed by atoms with E-state index in [1.54, 1.807) is 16.7 Å². The second-order valence-electron chi connectivity index (χ2n) is 4.70. The van der Waals surface area contributed by atoms with Crippen LogP contribution in [0.3, 0.4) is 0 Å². The lowest BCUT2D eigenvalue weighted by Crippen LogP contribution is -2.25. The van der Waals surface area contributed by atoms with E-state index in [0.29, 0.717) is 6.54 Å². The number of nitrogens with zero attached hydrogens (tertiary/aromatic N) is 1. The Kier molecular flexibility index (Phi) is 4.09. The van der Waals surface area contributed by atoms with E-state index in [1.165, 1.54) is 0 Å². The Morgan fingerprint density at radius 3 is 2.73 bits per heavy atom. The van der Waals surface area contributed by atoms with Gasteiger partial charge in [-0.1, -0.05) is 19.9 Å². The molecule has 0 fully saturated rings. The van der Waals surface area contributed by atoms with Crippen LogP contribution < -0.4 is 11.3 Å². The maximum Gasteiger partial charge on any atom is 0.250 e. The fourth-order valence-electron chi connectivity index (χ4n) is 1.48. The molecule has 0 aliphatic rings. The standard InChI is InChI=1S/C12H20N2O/c1-12(2,10-13)7-5-9-14-8-4-3-6-11(14)15/h3-4,6,8H,5,7,9-10,13H2,1-2H3. The van der Waals surface area contributed by atoms with Crippen LogP contribution in [0.5, 0.6) is 0 Å². The third-order valence-corrected chi connectivity index (χ3v) is 2.70. The first-order valence-electron chi connectivity index (χ1n) is 5.41. The van der Waals surface area contributed by atoms with Crippen LogP contribution in [-0.4, -0.2) is 11.1 Å². The van der Waals surface area contributed by atoms with Gasteiger partial charge in [-0.15, -0.1) is 0 Å². The summed E-state index contributed by atoms with van der Waals surface area (Å²) in [5.41, 5.74) is 5.90. The summed E-state index contributed by atoms with van der Waals surface area (Å²) in [6.45, 7) is 5.78. The largest absolute Gasteiger partial charge is 0.330 e. The van der Waals surface area contributed by atoms with Crippen molar-refractivity contribution in [1.82, 2.24) is 4.57 Å². The predicted octanol–water partition coefficient (Wildman–Crippen LogP) is 1.61. The molecule has 0 atom stereocenters. The van der Waals surface area contributed by atoms with Gasteiger partial charge in [0, 0.05) is 18.8 Å². The van der Waals surface area contributed by atoms with Crippen molar-refractivity contribution in [2.75, 3.05) is 6.54 Å². The van der Waals surface area contributed by atoms with E-state index in [4.69, 9.17) is 5.73 Å². The average Bonchev–Trinajstić information content (AvgIpc) is 2.21. The summed E-state index contributed by atoms with van der Waals surface area (Å²) in [6, 6.07) is 5.24. The first-order valence-corrected chi connectivity index (χ1v) is 5.41. The summed E-state index contributed by atoms with van der Waals surface area (Å²) in [5, 5.41) is 0. The molecule has 1 heterocycles. The number of hydrogen-bond donors (Lipinski definition) is 1. The van der Waals surface area contributed by atoms with Crippen molar-refractivity contribution in [3.8, 4) is 0 Å². The third kappa shape index (κ3) is 3.88. The van der Waals surface area contributed by atoms with Gasteiger partial charge in [0.25, 0.3) is 0 Å². The summed E-state index contributed by atoms with van der Waals surface area (Å²) in [6.07, 6.45) is 3.87. The van der Waals surface area contributed by atoms with Gasteiger partial charge in [-0.05, 0) is 30.9 Å². The van der Waals surface area contributed by atoms with Gasteiger partial charge in [0.1, 0.15) is 0 Å². The lowest BCUT2D eigenvalue weighted by molar-refractivity contribution is 0.326. The quantitative estimate of drug-likeness (QED) is 0.799. The Morgan fingerprint density at radius 2 is 2.13 bits per heavy atom. The van der Waals surface area contributed by atoms with Crippen molar-refractivity contribution < 1.29 is 0 Å².